The number of hydrogen-bond donors (Lipinski definition) is 3. The summed E-state index contributed by atoms with van der Waals surface area (Å²) in [5, 5.41) is 3.07. The number of likely N-dealkylation sites (tertiary alicyclic amines) is 2. The van der Waals surface area contributed by atoms with Crippen LogP contribution in [0.15, 0.2) is 31.1 Å². The number of carbonyl (C=O) groups excluding carboxylic acids is 1. The maximum atomic E-state index is 13.0. The molecule has 2 fully saturated rings. The van der Waals surface area contributed by atoms with Gasteiger partial charge in [-0.15, -0.1) is 6.58 Å². The molecule has 0 unspecified atom stereocenters. The number of nitrogens with one attached hydrogen (secondary N) is 3. The smallest absolute Gasteiger partial charge is 0.320 e. The summed E-state index contributed by atoms with van der Waals surface area (Å²) in [4.78, 5) is 28.1. The van der Waals surface area contributed by atoms with Crippen LogP contribution in [0.4, 0.5) is 10.6 Å². The summed E-state index contributed by atoms with van der Waals surface area (Å²) in [6.07, 6.45) is 8.72. The van der Waals surface area contributed by atoms with E-state index in [0.717, 1.165) is 55.3 Å². The molecule has 3 N–H and O–H groups in total. The van der Waals surface area contributed by atoms with E-state index in [2.05, 4.69) is 45.7 Å². The lowest BCUT2D eigenvalue weighted by molar-refractivity contribution is 0.127. The van der Waals surface area contributed by atoms with Crippen molar-refractivity contribution in [2.24, 2.45) is 5.92 Å². The predicted octanol–water partition coefficient (Wildman–Crippen LogP) is 3.66. The van der Waals surface area contributed by atoms with E-state index in [1.54, 1.807) is 6.20 Å². The third-order valence-corrected chi connectivity index (χ3v) is 6.32. The largest absolute Gasteiger partial charge is 0.348 e. The van der Waals surface area contributed by atoms with Gasteiger partial charge in [0.15, 0.2) is 0 Å². The molecule has 2 aliphatic rings. The highest BCUT2D eigenvalue weighted by atomic mass is 16.2. The first kappa shape index (κ1) is 20.1. The second-order valence-corrected chi connectivity index (χ2v) is 8.30. The minimum atomic E-state index is 0.104. The molecule has 7 nitrogen and oxygen atoms in total. The topological polar surface area (TPSA) is 80.1 Å². The number of aromatic amines is 2. The highest BCUT2D eigenvalue weighted by Gasteiger charge is 2.36. The van der Waals surface area contributed by atoms with Crippen LogP contribution >= 0.6 is 0 Å². The fourth-order valence-electron chi connectivity index (χ4n) is 4.45. The van der Waals surface area contributed by atoms with Crippen LogP contribution in [0.2, 0.25) is 0 Å². The Morgan fingerprint density at radius 2 is 2.27 bits per heavy atom. The lowest BCUT2D eigenvalue weighted by Gasteiger charge is -2.39. The van der Waals surface area contributed by atoms with E-state index in [-0.39, 0.29) is 17.9 Å². The fourth-order valence-corrected chi connectivity index (χ4v) is 4.45. The minimum absolute atomic E-state index is 0.104. The van der Waals surface area contributed by atoms with Gasteiger partial charge < -0.3 is 25.1 Å². The Morgan fingerprint density at radius 3 is 2.97 bits per heavy atom. The van der Waals surface area contributed by atoms with Gasteiger partial charge in [-0.3, -0.25) is 0 Å². The molecule has 2 saturated heterocycles. The Morgan fingerprint density at radius 1 is 1.40 bits per heavy atom. The van der Waals surface area contributed by atoms with Gasteiger partial charge in [-0.05, 0) is 56.6 Å². The van der Waals surface area contributed by atoms with Crippen molar-refractivity contribution < 1.29 is 4.79 Å². The van der Waals surface area contributed by atoms with E-state index < -0.39 is 0 Å². The third-order valence-electron chi connectivity index (χ3n) is 6.32. The SMILES string of the molecule is C=C[C@@H]1CCN(C(=O)N2CCC[C@@H]2C)C[C@@H]1c1ncc(C#CNc2[nH]ccc2C)[nH]1. The normalized spacial score (nSPS) is 23.7. The van der Waals surface area contributed by atoms with Crippen LogP contribution in [0, 0.1) is 24.8 Å². The van der Waals surface area contributed by atoms with Gasteiger partial charge in [0.2, 0.25) is 0 Å². The van der Waals surface area contributed by atoms with E-state index in [0.29, 0.717) is 12.6 Å². The highest BCUT2D eigenvalue weighted by molar-refractivity contribution is 5.75. The molecule has 7 heteroatoms. The summed E-state index contributed by atoms with van der Waals surface area (Å²) in [7, 11) is 0. The molecule has 0 saturated carbocycles. The van der Waals surface area contributed by atoms with E-state index in [9.17, 15) is 4.79 Å². The number of piperidine rings is 1. The third kappa shape index (κ3) is 4.09. The molecule has 4 rings (SSSR count). The number of urea groups is 1. The number of aromatic nitrogens is 3. The zero-order chi connectivity index (χ0) is 21.1. The minimum Gasteiger partial charge on any atom is -0.348 e. The van der Waals surface area contributed by atoms with E-state index >= 15 is 0 Å². The van der Waals surface area contributed by atoms with Crippen molar-refractivity contribution in [2.45, 2.75) is 45.1 Å². The number of carbonyl (C=O) groups is 1. The molecule has 2 aromatic rings. The quantitative estimate of drug-likeness (QED) is 0.413. The van der Waals surface area contributed by atoms with Crippen molar-refractivity contribution >= 4 is 11.8 Å². The standard InChI is InChI=1S/C23H30N6O/c1-4-18-9-13-28(23(30)29-12-5-6-17(29)3)15-20(18)22-26-14-19(27-22)8-11-25-21-16(2)7-10-24-21/h4,7,10,14,17-18,20,24-25H,1,5-6,9,12-13,15H2,2-3H3,(H,26,27)/t17-,18+,20-/m0/s1. The van der Waals surface area contributed by atoms with E-state index in [4.69, 9.17) is 0 Å². The number of allylic oxidation sites excluding steroid dienone is 1. The molecule has 2 aromatic heterocycles. The second kappa shape index (κ2) is 8.70. The van der Waals surface area contributed by atoms with Gasteiger partial charge in [0.25, 0.3) is 0 Å². The Kier molecular flexibility index (Phi) is 5.84. The first-order chi connectivity index (χ1) is 14.6. The number of rotatable bonds is 3. The zero-order valence-corrected chi connectivity index (χ0v) is 17.7. The average molecular weight is 407 g/mol. The van der Waals surface area contributed by atoms with Crippen LogP contribution in [-0.2, 0) is 0 Å². The van der Waals surface area contributed by atoms with Crippen molar-refractivity contribution in [1.29, 1.82) is 0 Å². The molecule has 0 aliphatic carbocycles. The van der Waals surface area contributed by atoms with Gasteiger partial charge in [-0.1, -0.05) is 6.08 Å². The molecule has 2 aliphatic heterocycles. The Hall–Kier alpha value is -3.14. The van der Waals surface area contributed by atoms with Crippen LogP contribution in [0.25, 0.3) is 0 Å². The first-order valence-corrected chi connectivity index (χ1v) is 10.7. The average Bonchev–Trinajstić information content (AvgIpc) is 3.49. The molecule has 0 aromatic carbocycles. The number of amides is 2. The predicted molar refractivity (Wildman–Crippen MR) is 118 cm³/mol. The van der Waals surface area contributed by atoms with Crippen LogP contribution in [0.1, 0.15) is 49.2 Å². The van der Waals surface area contributed by atoms with Crippen LogP contribution in [0.3, 0.4) is 0 Å². The monoisotopic (exact) mass is 406 g/mol. The summed E-state index contributed by atoms with van der Waals surface area (Å²) in [5.41, 5.74) is 1.86. The molecule has 158 valence electrons. The summed E-state index contributed by atoms with van der Waals surface area (Å²) in [6, 6.07) is 5.44. The molecular formula is C23H30N6O. The van der Waals surface area contributed by atoms with Crippen LogP contribution in [0.5, 0.6) is 0 Å². The molecule has 30 heavy (non-hydrogen) atoms. The first-order valence-electron chi connectivity index (χ1n) is 10.7. The van der Waals surface area contributed by atoms with Crippen molar-refractivity contribution in [3.8, 4) is 12.0 Å². The van der Waals surface area contributed by atoms with Crippen molar-refractivity contribution in [2.75, 3.05) is 25.0 Å². The molecule has 0 radical (unpaired) electrons. The van der Waals surface area contributed by atoms with Crippen LogP contribution in [-0.4, -0.2) is 56.5 Å². The maximum Gasteiger partial charge on any atom is 0.320 e. The van der Waals surface area contributed by atoms with E-state index in [1.807, 2.05) is 35.1 Å². The van der Waals surface area contributed by atoms with Gasteiger partial charge >= 0.3 is 6.03 Å². The zero-order valence-electron chi connectivity index (χ0n) is 17.7. The summed E-state index contributed by atoms with van der Waals surface area (Å²) < 4.78 is 0. The number of aryl methyl sites for hydroxylation is 1. The fraction of sp³-hybridized carbons (Fsp3) is 0.478. The molecule has 2 amide bonds. The van der Waals surface area contributed by atoms with Crippen molar-refractivity contribution in [3.63, 3.8) is 0 Å². The summed E-state index contributed by atoms with van der Waals surface area (Å²) in [5.74, 6) is 5.23. The summed E-state index contributed by atoms with van der Waals surface area (Å²) >= 11 is 0. The summed E-state index contributed by atoms with van der Waals surface area (Å²) in [6.45, 7) is 10.4. The van der Waals surface area contributed by atoms with Crippen molar-refractivity contribution in [1.82, 2.24) is 24.8 Å². The lowest BCUT2D eigenvalue weighted by atomic mass is 9.85. The van der Waals surface area contributed by atoms with Gasteiger partial charge in [-0.2, -0.15) is 0 Å². The Labute approximate surface area is 177 Å². The molecular weight excluding hydrogens is 376 g/mol. The van der Waals surface area contributed by atoms with E-state index in [1.165, 1.54) is 0 Å². The second-order valence-electron chi connectivity index (χ2n) is 8.30. The Bertz CT molecular complexity index is 964. The lowest BCUT2D eigenvalue weighted by Crippen LogP contribution is -2.49. The molecule has 0 bridgehead atoms. The molecule has 4 heterocycles. The number of imidazole rings is 1. The highest BCUT2D eigenvalue weighted by Crippen LogP contribution is 2.33. The number of H-pyrrole nitrogens is 2. The molecule has 0 spiro atoms. The maximum absolute atomic E-state index is 13.0. The number of nitrogens with zero attached hydrogens (tertiary/aromatic N) is 3. The van der Waals surface area contributed by atoms with Gasteiger partial charge in [0, 0.05) is 43.8 Å². The van der Waals surface area contributed by atoms with Crippen LogP contribution < -0.4 is 5.32 Å². The van der Waals surface area contributed by atoms with Gasteiger partial charge in [0.05, 0.1) is 6.20 Å². The number of hydrogen-bond acceptors (Lipinski definition) is 3. The van der Waals surface area contributed by atoms with Crippen molar-refractivity contribution in [3.05, 3.63) is 48.2 Å². The van der Waals surface area contributed by atoms with Gasteiger partial charge in [0.1, 0.15) is 17.3 Å². The number of anilines is 1. The molecule has 3 atom stereocenters. The van der Waals surface area contributed by atoms with Gasteiger partial charge in [-0.25, -0.2) is 9.78 Å². The Balaban J connectivity index is 1.45.